The van der Waals surface area contributed by atoms with E-state index < -0.39 is 0 Å². The van der Waals surface area contributed by atoms with E-state index in [1.165, 1.54) is 12.8 Å². The van der Waals surface area contributed by atoms with Gasteiger partial charge in [-0.15, -0.1) is 11.6 Å². The van der Waals surface area contributed by atoms with Crippen molar-refractivity contribution in [2.24, 2.45) is 0 Å². The first-order chi connectivity index (χ1) is 8.26. The average molecular weight is 258 g/mol. The minimum Gasteiger partial charge on any atom is -0.481 e. The molecule has 0 fully saturated rings. The van der Waals surface area contributed by atoms with Crippen LogP contribution in [0.1, 0.15) is 31.4 Å². The normalized spacial score (nSPS) is 10.3. The topological polar surface area (TPSA) is 47.0 Å². The quantitative estimate of drug-likeness (QED) is 0.575. The Bertz CT molecular complexity index is 334. The van der Waals surface area contributed by atoms with Gasteiger partial charge >= 0.3 is 0 Å². The van der Waals surface area contributed by atoms with Crippen LogP contribution < -0.4 is 10.1 Å². The molecule has 0 spiro atoms. The van der Waals surface area contributed by atoms with E-state index in [2.05, 4.69) is 15.3 Å². The monoisotopic (exact) mass is 257 g/mol. The fourth-order valence-electron chi connectivity index (χ4n) is 1.50. The summed E-state index contributed by atoms with van der Waals surface area (Å²) in [4.78, 5) is 8.51. The lowest BCUT2D eigenvalue weighted by Crippen LogP contribution is -2.06. The Kier molecular flexibility index (Phi) is 6.70. The van der Waals surface area contributed by atoms with E-state index in [4.69, 9.17) is 16.3 Å². The maximum Gasteiger partial charge on any atom is 0.226 e. The molecular weight excluding hydrogens is 238 g/mol. The van der Waals surface area contributed by atoms with Crippen LogP contribution >= 0.6 is 11.6 Å². The van der Waals surface area contributed by atoms with Crippen LogP contribution in [0, 0.1) is 6.92 Å². The number of alkyl halides is 1. The highest BCUT2D eigenvalue weighted by atomic mass is 35.5. The molecule has 0 bridgehead atoms. The third kappa shape index (κ3) is 5.73. The maximum atomic E-state index is 5.61. The van der Waals surface area contributed by atoms with Gasteiger partial charge in [0, 0.05) is 24.2 Å². The van der Waals surface area contributed by atoms with Gasteiger partial charge in [-0.25, -0.2) is 4.98 Å². The Morgan fingerprint density at radius 2 is 2.00 bits per heavy atom. The van der Waals surface area contributed by atoms with Gasteiger partial charge in [0.25, 0.3) is 0 Å². The number of hydrogen-bond donors (Lipinski definition) is 1. The summed E-state index contributed by atoms with van der Waals surface area (Å²) in [5.74, 6) is 1.99. The van der Waals surface area contributed by atoms with Crippen LogP contribution in [0.15, 0.2) is 6.07 Å². The molecule has 1 N–H and O–H groups in total. The molecule has 1 aromatic heterocycles. The Balaban J connectivity index is 2.28. The van der Waals surface area contributed by atoms with Gasteiger partial charge in [-0.3, -0.25) is 0 Å². The lowest BCUT2D eigenvalue weighted by molar-refractivity contribution is 0.397. The van der Waals surface area contributed by atoms with Crippen molar-refractivity contribution in [3.05, 3.63) is 11.8 Å². The highest BCUT2D eigenvalue weighted by Gasteiger charge is 2.01. The predicted octanol–water partition coefficient (Wildman–Crippen LogP) is 3.00. The van der Waals surface area contributed by atoms with Crippen molar-refractivity contribution < 1.29 is 4.74 Å². The van der Waals surface area contributed by atoms with E-state index in [1.807, 2.05) is 13.0 Å². The first kappa shape index (κ1) is 14.0. The van der Waals surface area contributed by atoms with Crippen molar-refractivity contribution in [3.8, 4) is 5.88 Å². The van der Waals surface area contributed by atoms with E-state index in [-0.39, 0.29) is 0 Å². The number of halogens is 1. The number of anilines is 1. The summed E-state index contributed by atoms with van der Waals surface area (Å²) in [6, 6.07) is 1.81. The SMILES string of the molecule is COc1cc(C)nc(NCCCCCCCl)n1. The van der Waals surface area contributed by atoms with Gasteiger partial charge < -0.3 is 10.1 Å². The van der Waals surface area contributed by atoms with E-state index >= 15 is 0 Å². The van der Waals surface area contributed by atoms with E-state index in [1.54, 1.807) is 7.11 Å². The zero-order chi connectivity index (χ0) is 12.5. The fourth-order valence-corrected chi connectivity index (χ4v) is 1.69. The van der Waals surface area contributed by atoms with E-state index in [9.17, 15) is 0 Å². The predicted molar refractivity (Wildman–Crippen MR) is 71.0 cm³/mol. The number of aryl methyl sites for hydroxylation is 1. The highest BCUT2D eigenvalue weighted by Crippen LogP contribution is 2.11. The Hall–Kier alpha value is -1.03. The molecule has 5 heteroatoms. The molecule has 0 unspecified atom stereocenters. The summed E-state index contributed by atoms with van der Waals surface area (Å²) in [5, 5.41) is 3.20. The molecule has 1 aromatic rings. The minimum atomic E-state index is 0.599. The third-order valence-corrected chi connectivity index (χ3v) is 2.65. The fraction of sp³-hybridized carbons (Fsp3) is 0.667. The minimum absolute atomic E-state index is 0.599. The van der Waals surface area contributed by atoms with Gasteiger partial charge in [0.05, 0.1) is 7.11 Å². The van der Waals surface area contributed by atoms with Gasteiger partial charge in [0.15, 0.2) is 0 Å². The van der Waals surface area contributed by atoms with Crippen molar-refractivity contribution in [3.63, 3.8) is 0 Å². The van der Waals surface area contributed by atoms with Crippen molar-refractivity contribution in [1.29, 1.82) is 0 Å². The first-order valence-corrected chi connectivity index (χ1v) is 6.49. The van der Waals surface area contributed by atoms with Crippen LogP contribution in [0.5, 0.6) is 5.88 Å². The second kappa shape index (κ2) is 8.12. The third-order valence-electron chi connectivity index (χ3n) is 2.38. The first-order valence-electron chi connectivity index (χ1n) is 5.95. The molecule has 4 nitrogen and oxygen atoms in total. The number of hydrogen-bond acceptors (Lipinski definition) is 4. The standard InChI is InChI=1S/C12H20ClN3O/c1-10-9-11(17-2)16-12(15-10)14-8-6-4-3-5-7-13/h9H,3-8H2,1-2H3,(H,14,15,16). The second-order valence-corrected chi connectivity index (χ2v) is 4.28. The molecule has 17 heavy (non-hydrogen) atoms. The molecule has 0 saturated carbocycles. The van der Waals surface area contributed by atoms with Gasteiger partial charge in [-0.1, -0.05) is 12.8 Å². The smallest absolute Gasteiger partial charge is 0.226 e. The number of unbranched alkanes of at least 4 members (excludes halogenated alkanes) is 3. The number of nitrogens with zero attached hydrogens (tertiary/aromatic N) is 2. The van der Waals surface area contributed by atoms with Crippen molar-refractivity contribution in [2.75, 3.05) is 24.9 Å². The van der Waals surface area contributed by atoms with Crippen LogP contribution in [0.4, 0.5) is 5.95 Å². The van der Waals surface area contributed by atoms with Gasteiger partial charge in [0.1, 0.15) is 0 Å². The summed E-state index contributed by atoms with van der Waals surface area (Å²) in [5.41, 5.74) is 0.904. The number of methoxy groups -OCH3 is 1. The molecule has 1 rings (SSSR count). The van der Waals surface area contributed by atoms with Crippen molar-refractivity contribution in [1.82, 2.24) is 9.97 Å². The summed E-state index contributed by atoms with van der Waals surface area (Å²) in [6.45, 7) is 2.81. The molecular formula is C12H20ClN3O. The summed E-state index contributed by atoms with van der Waals surface area (Å²) in [7, 11) is 1.61. The highest BCUT2D eigenvalue weighted by molar-refractivity contribution is 6.17. The summed E-state index contributed by atoms with van der Waals surface area (Å²) in [6.07, 6.45) is 4.57. The molecule has 0 aromatic carbocycles. The maximum absolute atomic E-state index is 5.61. The van der Waals surface area contributed by atoms with Crippen LogP contribution in [0.25, 0.3) is 0 Å². The molecule has 0 aliphatic heterocycles. The molecule has 0 aliphatic rings. The molecule has 0 aliphatic carbocycles. The van der Waals surface area contributed by atoms with Crippen LogP contribution in [0.2, 0.25) is 0 Å². The second-order valence-electron chi connectivity index (χ2n) is 3.91. The number of ether oxygens (including phenoxy) is 1. The van der Waals surface area contributed by atoms with Gasteiger partial charge in [0.2, 0.25) is 11.8 Å². The van der Waals surface area contributed by atoms with E-state index in [0.717, 1.165) is 31.0 Å². The summed E-state index contributed by atoms with van der Waals surface area (Å²) >= 11 is 5.61. The molecule has 0 amide bonds. The van der Waals surface area contributed by atoms with Gasteiger partial charge in [-0.05, 0) is 19.8 Å². The Morgan fingerprint density at radius 3 is 2.71 bits per heavy atom. The molecule has 96 valence electrons. The number of aromatic nitrogens is 2. The zero-order valence-electron chi connectivity index (χ0n) is 10.5. The van der Waals surface area contributed by atoms with Crippen LogP contribution in [-0.4, -0.2) is 29.5 Å². The van der Waals surface area contributed by atoms with Crippen LogP contribution in [0.3, 0.4) is 0 Å². The molecule has 1 heterocycles. The molecule has 0 radical (unpaired) electrons. The average Bonchev–Trinajstić information content (AvgIpc) is 2.33. The Labute approximate surface area is 108 Å². The zero-order valence-corrected chi connectivity index (χ0v) is 11.3. The van der Waals surface area contributed by atoms with Crippen molar-refractivity contribution in [2.45, 2.75) is 32.6 Å². The lowest BCUT2D eigenvalue weighted by atomic mass is 10.2. The molecule has 0 atom stereocenters. The largest absolute Gasteiger partial charge is 0.481 e. The van der Waals surface area contributed by atoms with Gasteiger partial charge in [-0.2, -0.15) is 4.98 Å². The Morgan fingerprint density at radius 1 is 1.24 bits per heavy atom. The number of nitrogens with one attached hydrogen (secondary N) is 1. The van der Waals surface area contributed by atoms with Crippen LogP contribution in [-0.2, 0) is 0 Å². The summed E-state index contributed by atoms with van der Waals surface area (Å²) < 4.78 is 5.09. The lowest BCUT2D eigenvalue weighted by Gasteiger charge is -2.07. The molecule has 0 saturated heterocycles. The number of rotatable bonds is 8. The van der Waals surface area contributed by atoms with Crippen molar-refractivity contribution >= 4 is 17.5 Å². The van der Waals surface area contributed by atoms with E-state index in [0.29, 0.717) is 11.8 Å².